The number of carbonyl (C=O) groups excluding carboxylic acids is 2. The fourth-order valence-electron chi connectivity index (χ4n) is 2.60. The normalized spacial score (nSPS) is 16.1. The fourth-order valence-corrected chi connectivity index (χ4v) is 2.60. The number of carbonyl (C=O) groups is 2. The van der Waals surface area contributed by atoms with Crippen LogP contribution in [0.5, 0.6) is 0 Å². The predicted molar refractivity (Wildman–Crippen MR) is 83.0 cm³/mol. The van der Waals surface area contributed by atoms with Gasteiger partial charge in [-0.15, -0.1) is 0 Å². The van der Waals surface area contributed by atoms with Crippen LogP contribution >= 0.6 is 0 Å². The minimum Gasteiger partial charge on any atom is -0.389 e. The van der Waals surface area contributed by atoms with E-state index in [0.29, 0.717) is 12.8 Å². The summed E-state index contributed by atoms with van der Waals surface area (Å²) in [4.78, 5) is 23.8. The van der Waals surface area contributed by atoms with E-state index in [-0.39, 0.29) is 35.7 Å². The van der Waals surface area contributed by atoms with Gasteiger partial charge in [-0.1, -0.05) is 27.7 Å². The maximum atomic E-state index is 12.0. The Hall–Kier alpha value is -0.940. The summed E-state index contributed by atoms with van der Waals surface area (Å²) in [5, 5.41) is 12.2. The van der Waals surface area contributed by atoms with Crippen LogP contribution in [-0.4, -0.2) is 43.2 Å². The molecule has 0 aromatic rings. The van der Waals surface area contributed by atoms with Crippen LogP contribution in [0.2, 0.25) is 0 Å². The monoisotopic (exact) mass is 301 g/mol. The molecule has 124 valence electrons. The first kappa shape index (κ1) is 20.1. The molecule has 0 saturated carbocycles. The van der Waals surface area contributed by atoms with Gasteiger partial charge in [0.15, 0.2) is 0 Å². The Morgan fingerprint density at radius 3 is 2.29 bits per heavy atom. The number of aliphatic hydroxyl groups is 1. The van der Waals surface area contributed by atoms with Crippen molar-refractivity contribution in [2.75, 3.05) is 20.3 Å². The summed E-state index contributed by atoms with van der Waals surface area (Å²) >= 11 is 0. The van der Waals surface area contributed by atoms with Crippen LogP contribution in [0, 0.1) is 10.8 Å². The Bertz CT molecular complexity index is 354. The number of ether oxygens (including phenoxy) is 1. The van der Waals surface area contributed by atoms with Gasteiger partial charge in [0, 0.05) is 25.5 Å². The number of nitrogens with one attached hydrogen (secondary N) is 1. The summed E-state index contributed by atoms with van der Waals surface area (Å²) in [5.41, 5.74) is -0.661. The summed E-state index contributed by atoms with van der Waals surface area (Å²) in [6.07, 6.45) is 1.07. The summed E-state index contributed by atoms with van der Waals surface area (Å²) < 4.78 is 4.80. The lowest BCUT2D eigenvalue weighted by molar-refractivity contribution is -0.130. The molecule has 0 aliphatic rings. The lowest BCUT2D eigenvalue weighted by Crippen LogP contribution is -2.38. The van der Waals surface area contributed by atoms with E-state index >= 15 is 0 Å². The van der Waals surface area contributed by atoms with Crippen molar-refractivity contribution in [2.45, 2.75) is 60.0 Å². The molecule has 0 heterocycles. The third kappa shape index (κ3) is 7.58. The molecule has 0 bridgehead atoms. The third-order valence-electron chi connectivity index (χ3n) is 4.03. The molecule has 1 amide bonds. The number of Topliss-reactive ketones (excluding diaryl/α,β-unsaturated/α-hetero) is 1. The molecule has 0 aromatic carbocycles. The van der Waals surface area contributed by atoms with Crippen molar-refractivity contribution in [1.29, 1.82) is 0 Å². The van der Waals surface area contributed by atoms with Gasteiger partial charge in [0.25, 0.3) is 0 Å². The zero-order valence-electron chi connectivity index (χ0n) is 14.3. The van der Waals surface area contributed by atoms with E-state index in [1.807, 2.05) is 27.7 Å². The zero-order chi connectivity index (χ0) is 16.7. The highest BCUT2D eigenvalue weighted by Gasteiger charge is 2.35. The first-order valence-corrected chi connectivity index (χ1v) is 7.51. The lowest BCUT2D eigenvalue weighted by atomic mass is 9.69. The molecule has 2 N–H and O–H groups in total. The summed E-state index contributed by atoms with van der Waals surface area (Å²) in [7, 11) is 1.50. The Balaban J connectivity index is 4.46. The highest BCUT2D eigenvalue weighted by molar-refractivity contribution is 5.82. The standard InChI is InChI=1S/C16H31NO4/c1-7-16(5,12(2)18)11-15(3,4)8-14(20)17-9-13(19)10-21-6/h13,19H,7-11H2,1-6H3,(H,17,20). The second kappa shape index (κ2) is 8.49. The van der Waals surface area contributed by atoms with E-state index in [2.05, 4.69) is 5.32 Å². The molecular formula is C16H31NO4. The summed E-state index contributed by atoms with van der Waals surface area (Å²) in [6, 6.07) is 0. The van der Waals surface area contributed by atoms with E-state index < -0.39 is 6.10 Å². The molecule has 0 rings (SSSR count). The first-order valence-electron chi connectivity index (χ1n) is 7.51. The number of ketones is 1. The van der Waals surface area contributed by atoms with Crippen LogP contribution in [0.4, 0.5) is 0 Å². The van der Waals surface area contributed by atoms with Gasteiger partial charge in [0.1, 0.15) is 5.78 Å². The van der Waals surface area contributed by atoms with Crippen LogP contribution in [0.3, 0.4) is 0 Å². The lowest BCUT2D eigenvalue weighted by Gasteiger charge is -2.35. The van der Waals surface area contributed by atoms with Crippen LogP contribution in [-0.2, 0) is 14.3 Å². The van der Waals surface area contributed by atoms with Crippen molar-refractivity contribution in [2.24, 2.45) is 10.8 Å². The van der Waals surface area contributed by atoms with E-state index in [4.69, 9.17) is 4.74 Å². The molecule has 0 aliphatic heterocycles. The highest BCUT2D eigenvalue weighted by Crippen LogP contribution is 2.39. The molecular weight excluding hydrogens is 270 g/mol. The molecule has 0 aliphatic carbocycles. The molecule has 5 nitrogen and oxygen atoms in total. The molecule has 0 spiro atoms. The molecule has 0 aromatic heterocycles. The minimum atomic E-state index is -0.694. The summed E-state index contributed by atoms with van der Waals surface area (Å²) in [5.74, 6) is 0.0474. The van der Waals surface area contributed by atoms with Gasteiger partial charge in [0.2, 0.25) is 5.91 Å². The maximum Gasteiger partial charge on any atom is 0.220 e. The van der Waals surface area contributed by atoms with Gasteiger partial charge in [-0.3, -0.25) is 9.59 Å². The van der Waals surface area contributed by atoms with Crippen molar-refractivity contribution in [3.63, 3.8) is 0 Å². The second-order valence-corrected chi connectivity index (χ2v) is 6.90. The van der Waals surface area contributed by atoms with Gasteiger partial charge in [-0.25, -0.2) is 0 Å². The summed E-state index contributed by atoms with van der Waals surface area (Å²) in [6.45, 7) is 9.93. The van der Waals surface area contributed by atoms with Gasteiger partial charge < -0.3 is 15.2 Å². The van der Waals surface area contributed by atoms with Crippen LogP contribution in [0.25, 0.3) is 0 Å². The average molecular weight is 301 g/mol. The van der Waals surface area contributed by atoms with Crippen molar-refractivity contribution >= 4 is 11.7 Å². The number of hydrogen-bond acceptors (Lipinski definition) is 4. The molecule has 2 atom stereocenters. The fraction of sp³-hybridized carbons (Fsp3) is 0.875. The van der Waals surface area contributed by atoms with E-state index in [1.165, 1.54) is 7.11 Å². The number of rotatable bonds is 10. The van der Waals surface area contributed by atoms with Crippen molar-refractivity contribution in [3.05, 3.63) is 0 Å². The van der Waals surface area contributed by atoms with Crippen molar-refractivity contribution < 1.29 is 19.4 Å². The number of hydrogen-bond donors (Lipinski definition) is 2. The minimum absolute atomic E-state index is 0.114. The van der Waals surface area contributed by atoms with E-state index in [0.717, 1.165) is 6.42 Å². The maximum absolute atomic E-state index is 12.0. The molecule has 0 fully saturated rings. The second-order valence-electron chi connectivity index (χ2n) is 6.90. The molecule has 0 saturated heterocycles. The third-order valence-corrected chi connectivity index (χ3v) is 4.03. The van der Waals surface area contributed by atoms with Gasteiger partial charge in [-0.2, -0.15) is 0 Å². The Kier molecular flexibility index (Phi) is 8.11. The SMILES string of the molecule is CCC(C)(CC(C)(C)CC(=O)NCC(O)COC)C(C)=O. The molecule has 0 radical (unpaired) electrons. The number of aliphatic hydroxyl groups excluding tert-OH is 1. The highest BCUT2D eigenvalue weighted by atomic mass is 16.5. The van der Waals surface area contributed by atoms with Crippen molar-refractivity contribution in [1.82, 2.24) is 5.32 Å². The van der Waals surface area contributed by atoms with Crippen molar-refractivity contribution in [3.8, 4) is 0 Å². The smallest absolute Gasteiger partial charge is 0.220 e. The Morgan fingerprint density at radius 1 is 1.29 bits per heavy atom. The van der Waals surface area contributed by atoms with Gasteiger partial charge >= 0.3 is 0 Å². The van der Waals surface area contributed by atoms with E-state index in [9.17, 15) is 14.7 Å². The molecule has 5 heteroatoms. The van der Waals surface area contributed by atoms with Crippen LogP contribution in [0.1, 0.15) is 53.9 Å². The van der Waals surface area contributed by atoms with Gasteiger partial charge in [0.05, 0.1) is 12.7 Å². The Morgan fingerprint density at radius 2 is 1.86 bits per heavy atom. The first-order chi connectivity index (χ1) is 9.56. The average Bonchev–Trinajstić information content (AvgIpc) is 2.35. The Labute approximate surface area is 128 Å². The predicted octanol–water partition coefficient (Wildman–Crippen LogP) is 1.92. The van der Waals surface area contributed by atoms with Crippen LogP contribution < -0.4 is 5.32 Å². The van der Waals surface area contributed by atoms with E-state index in [1.54, 1.807) is 6.92 Å². The van der Waals surface area contributed by atoms with Crippen LogP contribution in [0.15, 0.2) is 0 Å². The largest absolute Gasteiger partial charge is 0.389 e. The van der Waals surface area contributed by atoms with Gasteiger partial charge in [-0.05, 0) is 25.2 Å². The topological polar surface area (TPSA) is 75.6 Å². The molecule has 2 unspecified atom stereocenters. The number of amides is 1. The molecule has 21 heavy (non-hydrogen) atoms. The quantitative estimate of drug-likeness (QED) is 0.646. The number of methoxy groups -OCH3 is 1. The zero-order valence-corrected chi connectivity index (χ0v) is 14.3.